The van der Waals surface area contributed by atoms with Gasteiger partial charge in [0.15, 0.2) is 0 Å². The van der Waals surface area contributed by atoms with Crippen LogP contribution in [0, 0.1) is 0 Å². The number of hydrogen-bond acceptors (Lipinski definition) is 4. The van der Waals surface area contributed by atoms with Crippen molar-refractivity contribution >= 4 is 11.6 Å². The van der Waals surface area contributed by atoms with Crippen LogP contribution in [0.25, 0.3) is 5.69 Å². The lowest BCUT2D eigenvalue weighted by Crippen LogP contribution is -2.25. The Morgan fingerprint density at radius 2 is 2.23 bits per heavy atom. The number of carbonyl (C=O) groups excluding carboxylic acids is 1. The molecule has 1 aromatic carbocycles. The van der Waals surface area contributed by atoms with E-state index in [-0.39, 0.29) is 11.8 Å². The molecule has 4 rings (SSSR count). The molecule has 0 saturated carbocycles. The number of hydrogen-bond donors (Lipinski definition) is 1. The van der Waals surface area contributed by atoms with Gasteiger partial charge in [-0.25, -0.2) is 4.68 Å². The third kappa shape index (κ3) is 3.06. The highest BCUT2D eigenvalue weighted by molar-refractivity contribution is 5.97. The topological polar surface area (TPSA) is 69.0 Å². The first-order valence-corrected chi connectivity index (χ1v) is 8.68. The minimum absolute atomic E-state index is 0.0272. The molecule has 0 radical (unpaired) electrons. The Balaban J connectivity index is 1.63. The summed E-state index contributed by atoms with van der Waals surface area (Å²) in [5.74, 6) is 0.558. The molecule has 2 aromatic heterocycles. The maximum absolute atomic E-state index is 13.0. The van der Waals surface area contributed by atoms with Crippen LogP contribution in [0.2, 0.25) is 0 Å². The lowest BCUT2D eigenvalue weighted by atomic mass is 9.82. The third-order valence-corrected chi connectivity index (χ3v) is 4.79. The second kappa shape index (κ2) is 7.00. The standard InChI is InChI=1S/C20H20N4O2/c1-26-15-7-6-14-4-2-5-16(17(14)12-15)20(25)23-18-13-21-10-8-19(18)24-11-3-9-22-24/h3,6-13,16H,2,4-5H2,1H3,(H,23,25). The number of aryl methyl sites for hydroxylation is 1. The van der Waals surface area contributed by atoms with Gasteiger partial charge in [0.2, 0.25) is 5.91 Å². The molecule has 1 atom stereocenters. The van der Waals surface area contributed by atoms with Crippen molar-refractivity contribution in [2.45, 2.75) is 25.2 Å². The van der Waals surface area contributed by atoms with Gasteiger partial charge in [-0.05, 0) is 54.7 Å². The molecule has 1 aliphatic rings. The molecular weight excluding hydrogens is 328 g/mol. The Hall–Kier alpha value is -3.15. The van der Waals surface area contributed by atoms with E-state index in [1.54, 1.807) is 30.4 Å². The van der Waals surface area contributed by atoms with Gasteiger partial charge in [0, 0.05) is 18.6 Å². The number of anilines is 1. The summed E-state index contributed by atoms with van der Waals surface area (Å²) in [6.07, 6.45) is 9.70. The highest BCUT2D eigenvalue weighted by Crippen LogP contribution is 2.35. The minimum Gasteiger partial charge on any atom is -0.497 e. The molecule has 1 aliphatic carbocycles. The van der Waals surface area contributed by atoms with Gasteiger partial charge in [-0.15, -0.1) is 0 Å². The summed E-state index contributed by atoms with van der Waals surface area (Å²) in [6.45, 7) is 0. The van der Waals surface area contributed by atoms with Crippen molar-refractivity contribution in [1.82, 2.24) is 14.8 Å². The van der Waals surface area contributed by atoms with Crippen molar-refractivity contribution in [2.24, 2.45) is 0 Å². The van der Waals surface area contributed by atoms with Crippen molar-refractivity contribution in [1.29, 1.82) is 0 Å². The van der Waals surface area contributed by atoms with E-state index >= 15 is 0 Å². The van der Waals surface area contributed by atoms with Gasteiger partial charge in [-0.2, -0.15) is 5.10 Å². The molecule has 2 heterocycles. The lowest BCUT2D eigenvalue weighted by Gasteiger charge is -2.25. The summed E-state index contributed by atoms with van der Waals surface area (Å²) in [6, 6.07) is 9.68. The number of fused-ring (bicyclic) bond motifs is 1. The van der Waals surface area contributed by atoms with Gasteiger partial charge in [0.25, 0.3) is 0 Å². The Kier molecular flexibility index (Phi) is 4.39. The molecule has 6 nitrogen and oxygen atoms in total. The van der Waals surface area contributed by atoms with Crippen LogP contribution >= 0.6 is 0 Å². The number of nitrogens with zero attached hydrogens (tertiary/aromatic N) is 3. The first-order chi connectivity index (χ1) is 12.8. The third-order valence-electron chi connectivity index (χ3n) is 4.79. The van der Waals surface area contributed by atoms with Crippen LogP contribution in [-0.4, -0.2) is 27.8 Å². The van der Waals surface area contributed by atoms with Gasteiger partial charge in [-0.3, -0.25) is 9.78 Å². The SMILES string of the molecule is COc1ccc2c(c1)C(C(=O)Nc1cnccc1-n1cccn1)CCC2. The summed E-state index contributed by atoms with van der Waals surface area (Å²) < 4.78 is 7.06. The van der Waals surface area contributed by atoms with Crippen LogP contribution in [0.4, 0.5) is 5.69 Å². The van der Waals surface area contributed by atoms with Gasteiger partial charge < -0.3 is 10.1 Å². The summed E-state index contributed by atoms with van der Waals surface area (Å²) in [5.41, 5.74) is 3.71. The molecule has 0 fully saturated rings. The van der Waals surface area contributed by atoms with E-state index in [2.05, 4.69) is 21.5 Å². The zero-order chi connectivity index (χ0) is 17.9. The molecule has 0 spiro atoms. The first kappa shape index (κ1) is 16.3. The van der Waals surface area contributed by atoms with Gasteiger partial charge in [-0.1, -0.05) is 6.07 Å². The molecule has 6 heteroatoms. The van der Waals surface area contributed by atoms with E-state index in [9.17, 15) is 4.79 Å². The van der Waals surface area contributed by atoms with Crippen molar-refractivity contribution < 1.29 is 9.53 Å². The van der Waals surface area contributed by atoms with E-state index in [4.69, 9.17) is 4.74 Å². The van der Waals surface area contributed by atoms with Crippen molar-refractivity contribution in [3.8, 4) is 11.4 Å². The highest BCUT2D eigenvalue weighted by Gasteiger charge is 2.27. The second-order valence-corrected chi connectivity index (χ2v) is 6.34. The monoisotopic (exact) mass is 348 g/mol. The predicted molar refractivity (Wildman–Crippen MR) is 98.7 cm³/mol. The number of amides is 1. The number of carbonyl (C=O) groups is 1. The maximum atomic E-state index is 13.0. The van der Waals surface area contributed by atoms with E-state index in [0.717, 1.165) is 36.3 Å². The molecule has 3 aromatic rings. The summed E-state index contributed by atoms with van der Waals surface area (Å²) >= 11 is 0. The van der Waals surface area contributed by atoms with Crippen LogP contribution in [0.1, 0.15) is 29.9 Å². The van der Waals surface area contributed by atoms with Crippen LogP contribution < -0.4 is 10.1 Å². The number of nitrogens with one attached hydrogen (secondary N) is 1. The Bertz CT molecular complexity index is 921. The smallest absolute Gasteiger partial charge is 0.232 e. The second-order valence-electron chi connectivity index (χ2n) is 6.34. The molecule has 1 unspecified atom stereocenters. The Morgan fingerprint density at radius 1 is 1.31 bits per heavy atom. The van der Waals surface area contributed by atoms with Crippen LogP contribution in [0.5, 0.6) is 5.75 Å². The predicted octanol–water partition coefficient (Wildman–Crippen LogP) is 3.33. The van der Waals surface area contributed by atoms with Gasteiger partial charge in [0.05, 0.1) is 30.6 Å². The quantitative estimate of drug-likeness (QED) is 0.785. The van der Waals surface area contributed by atoms with Gasteiger partial charge >= 0.3 is 0 Å². The fourth-order valence-electron chi connectivity index (χ4n) is 3.49. The summed E-state index contributed by atoms with van der Waals surface area (Å²) in [4.78, 5) is 17.2. The minimum atomic E-state index is -0.195. The van der Waals surface area contributed by atoms with Crippen molar-refractivity contribution in [3.63, 3.8) is 0 Å². The molecule has 0 aliphatic heterocycles. The van der Waals surface area contributed by atoms with E-state index in [1.807, 2.05) is 30.5 Å². The van der Waals surface area contributed by atoms with Crippen LogP contribution in [0.15, 0.2) is 55.1 Å². The molecule has 0 bridgehead atoms. The number of aromatic nitrogens is 3. The van der Waals surface area contributed by atoms with Crippen LogP contribution in [0.3, 0.4) is 0 Å². The largest absolute Gasteiger partial charge is 0.497 e. The number of ether oxygens (including phenoxy) is 1. The van der Waals surface area contributed by atoms with E-state index in [0.29, 0.717) is 5.69 Å². The van der Waals surface area contributed by atoms with Gasteiger partial charge in [0.1, 0.15) is 5.75 Å². The number of methoxy groups -OCH3 is 1. The maximum Gasteiger partial charge on any atom is 0.232 e. The van der Waals surface area contributed by atoms with Crippen molar-refractivity contribution in [2.75, 3.05) is 12.4 Å². The molecule has 1 amide bonds. The van der Waals surface area contributed by atoms with E-state index < -0.39 is 0 Å². The summed E-state index contributed by atoms with van der Waals surface area (Å²) in [7, 11) is 1.64. The highest BCUT2D eigenvalue weighted by atomic mass is 16.5. The van der Waals surface area contributed by atoms with Crippen molar-refractivity contribution in [3.05, 3.63) is 66.2 Å². The molecule has 1 N–H and O–H groups in total. The summed E-state index contributed by atoms with van der Waals surface area (Å²) in [5, 5.41) is 7.29. The Morgan fingerprint density at radius 3 is 3.04 bits per heavy atom. The molecule has 0 saturated heterocycles. The average Bonchev–Trinajstić information content (AvgIpc) is 3.22. The van der Waals surface area contributed by atoms with Crippen LogP contribution in [-0.2, 0) is 11.2 Å². The fraction of sp³-hybridized carbons (Fsp3) is 0.250. The zero-order valence-corrected chi connectivity index (χ0v) is 14.6. The first-order valence-electron chi connectivity index (χ1n) is 8.68. The average molecular weight is 348 g/mol. The molecule has 26 heavy (non-hydrogen) atoms. The Labute approximate surface area is 151 Å². The molecule has 132 valence electrons. The zero-order valence-electron chi connectivity index (χ0n) is 14.6. The molecular formula is C20H20N4O2. The lowest BCUT2D eigenvalue weighted by molar-refractivity contribution is -0.117. The fourth-order valence-corrected chi connectivity index (χ4v) is 3.49. The number of pyridine rings is 1. The number of benzene rings is 1. The van der Waals surface area contributed by atoms with E-state index in [1.165, 1.54) is 5.56 Å². The normalized spacial score (nSPS) is 16.0. The number of rotatable bonds is 4.